The number of hydrogen-bond acceptors (Lipinski definition) is 8. The highest BCUT2D eigenvalue weighted by molar-refractivity contribution is 6.06. The molecule has 2 heterocycles. The minimum atomic E-state index is -0.474. The predicted octanol–water partition coefficient (Wildman–Crippen LogP) is 8.17. The smallest absolute Gasteiger partial charge is 0.411 e. The molecule has 0 aliphatic carbocycles. The van der Waals surface area contributed by atoms with Crippen LogP contribution in [0.15, 0.2) is 120 Å². The van der Waals surface area contributed by atoms with Gasteiger partial charge < -0.3 is 35.3 Å². The van der Waals surface area contributed by atoms with E-state index in [0.29, 0.717) is 86.5 Å². The normalized spacial score (nSPS) is 13.2. The standard InChI is InChI=1S/C49H52N6O6/c1-32-13-15-37(48(59)51-41-18-14-34(29-33(41)2)31-50-25-21-36-16-19-44(56)47-40(36)17-20-45(57)53-47)30-43(32)54(3)46(58)24-28-55-26-22-38(23-27-55)61-49(60)52-42-12-8-7-11-39(42)35-9-5-4-6-10-35/h4-20,29-30,38,50,56H,21-28,31H2,1-3H3,(H,51,59)(H,52,60)(H,53,57). The number of fused-ring (bicyclic) bond motifs is 1. The van der Waals surface area contributed by atoms with Crippen LogP contribution in [0.3, 0.4) is 0 Å². The number of carbonyl (C=O) groups is 3. The summed E-state index contributed by atoms with van der Waals surface area (Å²) in [4.78, 5) is 58.1. The van der Waals surface area contributed by atoms with Gasteiger partial charge in [-0.3, -0.25) is 19.7 Å². The van der Waals surface area contributed by atoms with Gasteiger partial charge >= 0.3 is 6.09 Å². The van der Waals surface area contributed by atoms with Crippen molar-refractivity contribution in [2.24, 2.45) is 0 Å². The van der Waals surface area contributed by atoms with Gasteiger partial charge in [-0.1, -0.05) is 72.8 Å². The lowest BCUT2D eigenvalue weighted by atomic mass is 10.0. The van der Waals surface area contributed by atoms with Gasteiger partial charge in [0, 0.05) is 73.6 Å². The van der Waals surface area contributed by atoms with Crippen molar-refractivity contribution in [3.8, 4) is 16.9 Å². The summed E-state index contributed by atoms with van der Waals surface area (Å²) in [6, 6.07) is 35.5. The zero-order valence-corrected chi connectivity index (χ0v) is 34.8. The van der Waals surface area contributed by atoms with Crippen LogP contribution in [0.4, 0.5) is 21.9 Å². The number of ether oxygens (including phenoxy) is 1. The molecule has 12 heteroatoms. The van der Waals surface area contributed by atoms with Crippen LogP contribution in [-0.4, -0.2) is 72.2 Å². The number of nitrogens with one attached hydrogen (secondary N) is 4. The molecule has 0 radical (unpaired) electrons. The molecule has 0 bridgehead atoms. The third-order valence-corrected chi connectivity index (χ3v) is 11.3. The third-order valence-electron chi connectivity index (χ3n) is 11.3. The number of benzene rings is 5. The molecule has 1 fully saturated rings. The van der Waals surface area contributed by atoms with Crippen LogP contribution < -0.4 is 26.4 Å². The number of aromatic hydroxyl groups is 1. The van der Waals surface area contributed by atoms with Crippen LogP contribution in [0.5, 0.6) is 5.75 Å². The number of aryl methyl sites for hydroxylation is 2. The monoisotopic (exact) mass is 820 g/mol. The topological polar surface area (TPSA) is 156 Å². The Labute approximate surface area is 355 Å². The Morgan fingerprint density at radius 1 is 0.836 bits per heavy atom. The largest absolute Gasteiger partial charge is 0.506 e. The maximum atomic E-state index is 13.5. The van der Waals surface area contributed by atoms with Crippen molar-refractivity contribution in [2.45, 2.75) is 52.2 Å². The molecule has 1 aromatic heterocycles. The van der Waals surface area contributed by atoms with E-state index in [2.05, 4.69) is 25.8 Å². The quantitative estimate of drug-likeness (QED) is 0.0690. The molecule has 0 saturated carbocycles. The first-order valence-corrected chi connectivity index (χ1v) is 20.7. The lowest BCUT2D eigenvalue weighted by Gasteiger charge is -2.32. The van der Waals surface area contributed by atoms with Gasteiger partial charge in [0.25, 0.3) is 5.91 Å². The molecule has 5 N–H and O–H groups in total. The fourth-order valence-electron chi connectivity index (χ4n) is 7.81. The van der Waals surface area contributed by atoms with Gasteiger partial charge in [0.1, 0.15) is 11.9 Å². The van der Waals surface area contributed by atoms with Crippen LogP contribution in [0.25, 0.3) is 22.0 Å². The zero-order chi connectivity index (χ0) is 42.9. The van der Waals surface area contributed by atoms with Crippen molar-refractivity contribution < 1.29 is 24.2 Å². The summed E-state index contributed by atoms with van der Waals surface area (Å²) in [7, 11) is 1.74. The summed E-state index contributed by atoms with van der Waals surface area (Å²) in [5.41, 5.74) is 8.54. The van der Waals surface area contributed by atoms with E-state index in [0.717, 1.165) is 38.8 Å². The summed E-state index contributed by atoms with van der Waals surface area (Å²) in [6.45, 7) is 7.19. The van der Waals surface area contributed by atoms with Gasteiger partial charge in [0.15, 0.2) is 0 Å². The molecule has 314 valence electrons. The van der Waals surface area contributed by atoms with E-state index in [-0.39, 0.29) is 29.2 Å². The highest BCUT2D eigenvalue weighted by Gasteiger charge is 2.24. The Morgan fingerprint density at radius 3 is 2.39 bits per heavy atom. The van der Waals surface area contributed by atoms with Gasteiger partial charge in [0.05, 0.1) is 11.2 Å². The molecule has 0 unspecified atom stereocenters. The molecule has 12 nitrogen and oxygen atoms in total. The highest BCUT2D eigenvalue weighted by atomic mass is 16.6. The molecule has 1 aliphatic heterocycles. The van der Waals surface area contributed by atoms with Gasteiger partial charge in [-0.25, -0.2) is 4.79 Å². The fourth-order valence-corrected chi connectivity index (χ4v) is 7.81. The number of para-hydroxylation sites is 1. The third kappa shape index (κ3) is 10.7. The molecule has 7 rings (SSSR count). The molecule has 61 heavy (non-hydrogen) atoms. The number of H-pyrrole nitrogens is 1. The van der Waals surface area contributed by atoms with Gasteiger partial charge in [-0.05, 0) is 104 Å². The number of pyridine rings is 1. The Bertz CT molecular complexity index is 2580. The molecular weight excluding hydrogens is 769 g/mol. The molecule has 1 saturated heterocycles. The first-order chi connectivity index (χ1) is 29.5. The van der Waals surface area contributed by atoms with E-state index in [1.165, 1.54) is 6.07 Å². The second-order valence-corrected chi connectivity index (χ2v) is 15.6. The Balaban J connectivity index is 0.853. The Hall–Kier alpha value is -6.76. The molecule has 6 aromatic rings. The van der Waals surface area contributed by atoms with Crippen molar-refractivity contribution in [1.82, 2.24) is 15.2 Å². The lowest BCUT2D eigenvalue weighted by Crippen LogP contribution is -2.40. The summed E-state index contributed by atoms with van der Waals surface area (Å²) >= 11 is 0. The number of likely N-dealkylation sites (tertiary alicyclic amines) is 1. The van der Waals surface area contributed by atoms with E-state index in [4.69, 9.17) is 4.74 Å². The van der Waals surface area contributed by atoms with Crippen LogP contribution in [0, 0.1) is 13.8 Å². The number of phenolic OH excluding ortho intramolecular Hbond substituents is 1. The molecule has 0 atom stereocenters. The maximum Gasteiger partial charge on any atom is 0.411 e. The van der Waals surface area contributed by atoms with Crippen molar-refractivity contribution >= 4 is 45.9 Å². The number of aromatic amines is 1. The summed E-state index contributed by atoms with van der Waals surface area (Å²) < 4.78 is 5.79. The van der Waals surface area contributed by atoms with Crippen LogP contribution in [0.1, 0.15) is 51.9 Å². The van der Waals surface area contributed by atoms with Crippen LogP contribution in [0.2, 0.25) is 0 Å². The highest BCUT2D eigenvalue weighted by Crippen LogP contribution is 2.29. The van der Waals surface area contributed by atoms with Gasteiger partial charge in [0.2, 0.25) is 11.5 Å². The Morgan fingerprint density at radius 2 is 1.61 bits per heavy atom. The van der Waals surface area contributed by atoms with Crippen LogP contribution >= 0.6 is 0 Å². The number of piperidine rings is 1. The predicted molar refractivity (Wildman–Crippen MR) is 241 cm³/mol. The van der Waals surface area contributed by atoms with E-state index in [1.807, 2.05) is 98.8 Å². The number of carbonyl (C=O) groups excluding carboxylic acids is 3. The second-order valence-electron chi connectivity index (χ2n) is 15.6. The molecule has 0 spiro atoms. The van der Waals surface area contributed by atoms with Crippen LogP contribution in [-0.2, 0) is 22.5 Å². The first-order valence-electron chi connectivity index (χ1n) is 20.7. The van der Waals surface area contributed by atoms with E-state index < -0.39 is 6.09 Å². The zero-order valence-electron chi connectivity index (χ0n) is 34.8. The summed E-state index contributed by atoms with van der Waals surface area (Å²) in [6.07, 6.45) is 1.69. The number of nitrogens with zero attached hydrogens (tertiary/aromatic N) is 2. The lowest BCUT2D eigenvalue weighted by molar-refractivity contribution is -0.118. The minimum absolute atomic E-state index is 0.0478. The van der Waals surface area contributed by atoms with Gasteiger partial charge in [-0.2, -0.15) is 0 Å². The molecule has 1 aliphatic rings. The van der Waals surface area contributed by atoms with E-state index in [9.17, 15) is 24.3 Å². The van der Waals surface area contributed by atoms with E-state index >= 15 is 0 Å². The first kappa shape index (κ1) is 42.4. The summed E-state index contributed by atoms with van der Waals surface area (Å²) in [5.74, 6) is -0.271. The average molecular weight is 821 g/mol. The molecule has 5 aromatic carbocycles. The SMILES string of the molecule is Cc1cc(CNCCc2ccc(O)c3[nH]c(=O)ccc23)ccc1NC(=O)c1ccc(C)c(N(C)C(=O)CCN2CCC(OC(=O)Nc3ccccc3-c3ccccc3)CC2)c1. The number of rotatable bonds is 14. The van der Waals surface area contributed by atoms with Crippen molar-refractivity contribution in [3.05, 3.63) is 153 Å². The maximum absolute atomic E-state index is 13.5. The van der Waals surface area contributed by atoms with Crippen molar-refractivity contribution in [3.63, 3.8) is 0 Å². The number of aromatic nitrogens is 1. The van der Waals surface area contributed by atoms with E-state index in [1.54, 1.807) is 36.2 Å². The van der Waals surface area contributed by atoms with Crippen molar-refractivity contribution in [2.75, 3.05) is 48.8 Å². The minimum Gasteiger partial charge on any atom is -0.506 e. The fraction of sp³-hybridized carbons (Fsp3) is 0.265. The molecule has 3 amide bonds. The number of amides is 3. The van der Waals surface area contributed by atoms with Crippen molar-refractivity contribution in [1.29, 1.82) is 0 Å². The second kappa shape index (κ2) is 19.5. The molecular formula is C49H52N6O6. The number of phenols is 1. The number of hydrogen-bond donors (Lipinski definition) is 5. The average Bonchev–Trinajstić information content (AvgIpc) is 3.26. The number of anilines is 3. The van der Waals surface area contributed by atoms with Gasteiger partial charge in [-0.15, -0.1) is 0 Å². The summed E-state index contributed by atoms with van der Waals surface area (Å²) in [5, 5.41) is 20.4. The Kier molecular flexibility index (Phi) is 13.6.